The van der Waals surface area contributed by atoms with E-state index in [1.54, 1.807) is 18.2 Å². The van der Waals surface area contributed by atoms with Crippen molar-refractivity contribution in [2.24, 2.45) is 0 Å². The summed E-state index contributed by atoms with van der Waals surface area (Å²) in [5, 5.41) is 5.79. The van der Waals surface area contributed by atoms with Crippen LogP contribution in [0.3, 0.4) is 0 Å². The van der Waals surface area contributed by atoms with Gasteiger partial charge in [0.15, 0.2) is 0 Å². The second kappa shape index (κ2) is 8.20. The molecule has 2 aromatic carbocycles. The summed E-state index contributed by atoms with van der Waals surface area (Å²) in [5.74, 6) is -0.190. The average Bonchev–Trinajstić information content (AvgIpc) is 2.67. The molecule has 26 heavy (non-hydrogen) atoms. The molecule has 0 aliphatic rings. The third-order valence-corrected chi connectivity index (χ3v) is 4.01. The second-order valence-corrected chi connectivity index (χ2v) is 5.85. The molecule has 5 nitrogen and oxygen atoms in total. The van der Waals surface area contributed by atoms with E-state index in [0.717, 1.165) is 11.1 Å². The summed E-state index contributed by atoms with van der Waals surface area (Å²) in [6.07, 6.45) is 2.90. The van der Waals surface area contributed by atoms with Gasteiger partial charge in [-0.1, -0.05) is 42.5 Å². The SMILES string of the molecule is Cc1ccccc1CNC(=O)c1cnc(NCc2ccccc2F)nc1. The molecule has 0 fully saturated rings. The van der Waals surface area contributed by atoms with E-state index >= 15 is 0 Å². The zero-order chi connectivity index (χ0) is 18.4. The highest BCUT2D eigenvalue weighted by Crippen LogP contribution is 2.09. The van der Waals surface area contributed by atoms with Crippen LogP contribution in [-0.2, 0) is 13.1 Å². The predicted molar refractivity (Wildman–Crippen MR) is 98.1 cm³/mol. The van der Waals surface area contributed by atoms with Crippen LogP contribution in [0.1, 0.15) is 27.0 Å². The quantitative estimate of drug-likeness (QED) is 0.714. The molecule has 3 aromatic rings. The first kappa shape index (κ1) is 17.5. The van der Waals surface area contributed by atoms with E-state index in [-0.39, 0.29) is 18.3 Å². The van der Waals surface area contributed by atoms with E-state index in [4.69, 9.17) is 0 Å². The van der Waals surface area contributed by atoms with Gasteiger partial charge in [0, 0.05) is 31.0 Å². The van der Waals surface area contributed by atoms with Gasteiger partial charge in [-0.2, -0.15) is 0 Å². The van der Waals surface area contributed by atoms with Gasteiger partial charge in [0.25, 0.3) is 5.91 Å². The van der Waals surface area contributed by atoms with Crippen molar-refractivity contribution in [2.75, 3.05) is 5.32 Å². The van der Waals surface area contributed by atoms with Gasteiger partial charge in [0.05, 0.1) is 5.56 Å². The summed E-state index contributed by atoms with van der Waals surface area (Å²) in [7, 11) is 0. The fraction of sp³-hybridized carbons (Fsp3) is 0.150. The van der Waals surface area contributed by atoms with Crippen LogP contribution in [0.2, 0.25) is 0 Å². The molecule has 1 aromatic heterocycles. The smallest absolute Gasteiger partial charge is 0.254 e. The Kier molecular flexibility index (Phi) is 5.53. The summed E-state index contributed by atoms with van der Waals surface area (Å²) in [4.78, 5) is 20.4. The molecule has 0 spiro atoms. The van der Waals surface area contributed by atoms with E-state index in [1.165, 1.54) is 18.5 Å². The lowest BCUT2D eigenvalue weighted by atomic mass is 10.1. The summed E-state index contributed by atoms with van der Waals surface area (Å²) < 4.78 is 13.6. The number of aryl methyl sites for hydroxylation is 1. The Morgan fingerprint density at radius 1 is 0.962 bits per heavy atom. The van der Waals surface area contributed by atoms with Crippen molar-refractivity contribution in [1.29, 1.82) is 0 Å². The maximum Gasteiger partial charge on any atom is 0.254 e. The molecule has 1 amide bonds. The maximum absolute atomic E-state index is 13.6. The zero-order valence-corrected chi connectivity index (χ0v) is 14.4. The largest absolute Gasteiger partial charge is 0.350 e. The standard InChI is InChI=1S/C20H19FN4O/c1-14-6-2-3-7-15(14)10-22-19(26)17-12-24-20(25-13-17)23-11-16-8-4-5-9-18(16)21/h2-9,12-13H,10-11H2,1H3,(H,22,26)(H,23,24,25). The Balaban J connectivity index is 1.56. The van der Waals surface area contributed by atoms with Crippen LogP contribution in [0.5, 0.6) is 0 Å². The zero-order valence-electron chi connectivity index (χ0n) is 14.4. The molecule has 0 atom stereocenters. The molecule has 0 aliphatic carbocycles. The Morgan fingerprint density at radius 3 is 2.31 bits per heavy atom. The molecule has 132 valence electrons. The molecule has 0 aliphatic heterocycles. The number of carbonyl (C=O) groups excluding carboxylic acids is 1. The minimum atomic E-state index is -0.285. The topological polar surface area (TPSA) is 66.9 Å². The predicted octanol–water partition coefficient (Wildman–Crippen LogP) is 3.47. The molecule has 0 bridgehead atoms. The first-order valence-electron chi connectivity index (χ1n) is 8.25. The molecule has 1 heterocycles. The number of rotatable bonds is 6. The first-order chi connectivity index (χ1) is 12.6. The Labute approximate surface area is 151 Å². The number of halogens is 1. The van der Waals surface area contributed by atoms with Crippen LogP contribution in [0.25, 0.3) is 0 Å². The van der Waals surface area contributed by atoms with Crippen molar-refractivity contribution >= 4 is 11.9 Å². The van der Waals surface area contributed by atoms with E-state index in [2.05, 4.69) is 20.6 Å². The van der Waals surface area contributed by atoms with Gasteiger partial charge in [0.1, 0.15) is 5.82 Å². The molecule has 0 saturated carbocycles. The van der Waals surface area contributed by atoms with Gasteiger partial charge in [0.2, 0.25) is 5.95 Å². The van der Waals surface area contributed by atoms with Gasteiger partial charge in [-0.3, -0.25) is 4.79 Å². The highest BCUT2D eigenvalue weighted by Gasteiger charge is 2.08. The average molecular weight is 350 g/mol. The lowest BCUT2D eigenvalue weighted by Gasteiger charge is -2.08. The lowest BCUT2D eigenvalue weighted by Crippen LogP contribution is -2.23. The summed E-state index contributed by atoms with van der Waals surface area (Å²) in [6.45, 7) is 2.71. The van der Waals surface area contributed by atoms with Crippen molar-refractivity contribution in [3.63, 3.8) is 0 Å². The summed E-state index contributed by atoms with van der Waals surface area (Å²) in [5.41, 5.74) is 3.08. The van der Waals surface area contributed by atoms with Crippen molar-refractivity contribution in [2.45, 2.75) is 20.0 Å². The van der Waals surface area contributed by atoms with E-state index in [9.17, 15) is 9.18 Å². The van der Waals surface area contributed by atoms with Crippen LogP contribution < -0.4 is 10.6 Å². The highest BCUT2D eigenvalue weighted by molar-refractivity contribution is 5.93. The third kappa shape index (κ3) is 4.42. The summed E-state index contributed by atoms with van der Waals surface area (Å²) >= 11 is 0. The fourth-order valence-corrected chi connectivity index (χ4v) is 2.44. The van der Waals surface area contributed by atoms with Gasteiger partial charge in [-0.05, 0) is 24.1 Å². The van der Waals surface area contributed by atoms with E-state index in [0.29, 0.717) is 23.6 Å². The number of amides is 1. The Bertz CT molecular complexity index is 896. The number of carbonyl (C=O) groups is 1. The van der Waals surface area contributed by atoms with Crippen molar-refractivity contribution in [1.82, 2.24) is 15.3 Å². The van der Waals surface area contributed by atoms with Crippen LogP contribution >= 0.6 is 0 Å². The highest BCUT2D eigenvalue weighted by atomic mass is 19.1. The number of benzene rings is 2. The minimum Gasteiger partial charge on any atom is -0.350 e. The Morgan fingerprint density at radius 2 is 1.62 bits per heavy atom. The molecule has 0 unspecified atom stereocenters. The summed E-state index contributed by atoms with van der Waals surface area (Å²) in [6, 6.07) is 14.4. The second-order valence-electron chi connectivity index (χ2n) is 5.85. The number of nitrogens with zero attached hydrogens (tertiary/aromatic N) is 2. The number of aromatic nitrogens is 2. The van der Waals surface area contributed by atoms with Gasteiger partial charge < -0.3 is 10.6 Å². The minimum absolute atomic E-state index is 0.242. The van der Waals surface area contributed by atoms with Crippen LogP contribution in [0, 0.1) is 12.7 Å². The number of hydrogen-bond acceptors (Lipinski definition) is 4. The van der Waals surface area contributed by atoms with E-state index in [1.807, 2.05) is 31.2 Å². The molecule has 3 rings (SSSR count). The monoisotopic (exact) mass is 350 g/mol. The third-order valence-electron chi connectivity index (χ3n) is 4.01. The first-order valence-corrected chi connectivity index (χ1v) is 8.25. The molecular weight excluding hydrogens is 331 g/mol. The van der Waals surface area contributed by atoms with Crippen LogP contribution in [0.15, 0.2) is 60.9 Å². The molecule has 6 heteroatoms. The normalized spacial score (nSPS) is 10.4. The maximum atomic E-state index is 13.6. The van der Waals surface area contributed by atoms with Crippen molar-refractivity contribution in [3.05, 3.63) is 89.0 Å². The number of anilines is 1. The number of nitrogens with one attached hydrogen (secondary N) is 2. The molecule has 0 radical (unpaired) electrons. The van der Waals surface area contributed by atoms with Crippen LogP contribution in [-0.4, -0.2) is 15.9 Å². The lowest BCUT2D eigenvalue weighted by molar-refractivity contribution is 0.0950. The fourth-order valence-electron chi connectivity index (χ4n) is 2.44. The van der Waals surface area contributed by atoms with Crippen LogP contribution in [0.4, 0.5) is 10.3 Å². The van der Waals surface area contributed by atoms with Gasteiger partial charge >= 0.3 is 0 Å². The molecule has 2 N–H and O–H groups in total. The van der Waals surface area contributed by atoms with E-state index < -0.39 is 0 Å². The van der Waals surface area contributed by atoms with Gasteiger partial charge in [-0.25, -0.2) is 14.4 Å². The number of hydrogen-bond donors (Lipinski definition) is 2. The van der Waals surface area contributed by atoms with Gasteiger partial charge in [-0.15, -0.1) is 0 Å². The Hall–Kier alpha value is -3.28. The molecular formula is C20H19FN4O. The van der Waals surface area contributed by atoms with Crippen molar-refractivity contribution < 1.29 is 9.18 Å². The van der Waals surface area contributed by atoms with Crippen molar-refractivity contribution in [3.8, 4) is 0 Å². The molecule has 0 saturated heterocycles.